The molecule has 1 saturated heterocycles. The van der Waals surface area contributed by atoms with Gasteiger partial charge in [0.15, 0.2) is 0 Å². The Kier molecular flexibility index (Phi) is 4.63. The second-order valence-electron chi connectivity index (χ2n) is 7.04. The van der Waals surface area contributed by atoms with E-state index in [4.69, 9.17) is 0 Å². The van der Waals surface area contributed by atoms with Crippen molar-refractivity contribution in [3.63, 3.8) is 0 Å². The number of aryl methyl sites for hydroxylation is 2. The number of anilines is 1. The van der Waals surface area contributed by atoms with Crippen molar-refractivity contribution in [1.29, 1.82) is 0 Å². The highest BCUT2D eigenvalue weighted by atomic mass is 15.3. The molecule has 1 aliphatic heterocycles. The zero-order chi connectivity index (χ0) is 14.8. The maximum Gasteiger partial charge on any atom is 0.225 e. The number of piperidine rings is 1. The third-order valence-corrected chi connectivity index (χ3v) is 3.69. The summed E-state index contributed by atoms with van der Waals surface area (Å²) < 4.78 is 0. The lowest BCUT2D eigenvalue weighted by Crippen LogP contribution is -2.45. The van der Waals surface area contributed by atoms with Crippen molar-refractivity contribution in [3.8, 4) is 0 Å². The molecule has 0 saturated carbocycles. The summed E-state index contributed by atoms with van der Waals surface area (Å²) in [5.74, 6) is 1.59. The lowest BCUT2D eigenvalue weighted by atomic mass is 9.97. The molecule has 0 amide bonds. The van der Waals surface area contributed by atoms with E-state index in [1.807, 2.05) is 19.9 Å². The first-order valence-corrected chi connectivity index (χ1v) is 7.66. The third-order valence-electron chi connectivity index (χ3n) is 3.69. The highest BCUT2D eigenvalue weighted by Crippen LogP contribution is 2.21. The van der Waals surface area contributed by atoms with Gasteiger partial charge >= 0.3 is 0 Å². The number of aromatic nitrogens is 2. The van der Waals surface area contributed by atoms with E-state index in [0.29, 0.717) is 5.92 Å². The highest BCUT2D eigenvalue weighted by Gasteiger charge is 2.23. The van der Waals surface area contributed by atoms with Crippen LogP contribution >= 0.6 is 0 Å². The summed E-state index contributed by atoms with van der Waals surface area (Å²) >= 11 is 0. The van der Waals surface area contributed by atoms with Gasteiger partial charge in [-0.15, -0.1) is 0 Å². The quantitative estimate of drug-likeness (QED) is 0.921. The predicted octanol–water partition coefficient (Wildman–Crippen LogP) is 2.70. The molecular formula is C16H28N4. The highest BCUT2D eigenvalue weighted by molar-refractivity contribution is 5.32. The van der Waals surface area contributed by atoms with Crippen LogP contribution in [0.25, 0.3) is 0 Å². The number of rotatable bonds is 3. The van der Waals surface area contributed by atoms with E-state index in [1.165, 1.54) is 12.8 Å². The average molecular weight is 276 g/mol. The fourth-order valence-electron chi connectivity index (χ4n) is 2.71. The molecule has 4 heteroatoms. The fraction of sp³-hybridized carbons (Fsp3) is 0.750. The smallest absolute Gasteiger partial charge is 0.225 e. The Morgan fingerprint density at radius 1 is 1.25 bits per heavy atom. The number of nitrogens with one attached hydrogen (secondary N) is 1. The lowest BCUT2D eigenvalue weighted by Gasteiger charge is -2.34. The molecule has 1 fully saturated rings. The Balaban J connectivity index is 1.99. The Labute approximate surface area is 123 Å². The first-order chi connectivity index (χ1) is 9.33. The van der Waals surface area contributed by atoms with Gasteiger partial charge in [-0.25, -0.2) is 9.97 Å². The first kappa shape index (κ1) is 15.2. The summed E-state index contributed by atoms with van der Waals surface area (Å²) in [5.41, 5.74) is 2.31. The van der Waals surface area contributed by atoms with Gasteiger partial charge in [0.2, 0.25) is 5.95 Å². The minimum Gasteiger partial charge on any atom is -0.340 e. The zero-order valence-corrected chi connectivity index (χ0v) is 13.5. The maximum absolute atomic E-state index is 4.60. The van der Waals surface area contributed by atoms with Crippen LogP contribution in [0.5, 0.6) is 0 Å². The van der Waals surface area contributed by atoms with Gasteiger partial charge in [-0.1, -0.05) is 0 Å². The zero-order valence-electron chi connectivity index (χ0n) is 13.5. The molecular weight excluding hydrogens is 248 g/mol. The third kappa shape index (κ3) is 4.44. The summed E-state index contributed by atoms with van der Waals surface area (Å²) in [4.78, 5) is 11.5. The molecule has 0 radical (unpaired) electrons. The minimum absolute atomic E-state index is 0.193. The van der Waals surface area contributed by atoms with Crippen molar-refractivity contribution < 1.29 is 0 Å². The van der Waals surface area contributed by atoms with Crippen LogP contribution < -0.4 is 10.2 Å². The lowest BCUT2D eigenvalue weighted by molar-refractivity contribution is 0.334. The van der Waals surface area contributed by atoms with Gasteiger partial charge in [0.05, 0.1) is 0 Å². The van der Waals surface area contributed by atoms with E-state index in [9.17, 15) is 0 Å². The maximum atomic E-state index is 4.60. The second kappa shape index (κ2) is 6.08. The summed E-state index contributed by atoms with van der Waals surface area (Å²) in [6.07, 6.45) is 2.53. The van der Waals surface area contributed by atoms with Crippen LogP contribution in [0.15, 0.2) is 6.07 Å². The Hall–Kier alpha value is -1.16. The van der Waals surface area contributed by atoms with Gasteiger partial charge in [-0.3, -0.25) is 0 Å². The molecule has 112 valence electrons. The van der Waals surface area contributed by atoms with Gasteiger partial charge in [0.1, 0.15) is 0 Å². The van der Waals surface area contributed by atoms with E-state index in [2.05, 4.69) is 41.0 Å². The van der Waals surface area contributed by atoms with Crippen LogP contribution in [0, 0.1) is 19.8 Å². The van der Waals surface area contributed by atoms with Crippen molar-refractivity contribution in [2.45, 2.75) is 53.0 Å². The van der Waals surface area contributed by atoms with Crippen LogP contribution in [0.1, 0.15) is 45.0 Å². The van der Waals surface area contributed by atoms with Crippen molar-refractivity contribution in [1.82, 2.24) is 15.3 Å². The fourth-order valence-corrected chi connectivity index (χ4v) is 2.71. The number of hydrogen-bond acceptors (Lipinski definition) is 4. The molecule has 1 aromatic heterocycles. The molecule has 1 N–H and O–H groups in total. The summed E-state index contributed by atoms with van der Waals surface area (Å²) in [6, 6.07) is 2.03. The van der Waals surface area contributed by atoms with E-state index < -0.39 is 0 Å². The molecule has 1 unspecified atom stereocenters. The van der Waals surface area contributed by atoms with E-state index in [-0.39, 0.29) is 5.54 Å². The summed E-state index contributed by atoms with van der Waals surface area (Å²) in [6.45, 7) is 14.0. The van der Waals surface area contributed by atoms with E-state index in [0.717, 1.165) is 37.0 Å². The van der Waals surface area contributed by atoms with Crippen LogP contribution in [0.2, 0.25) is 0 Å². The molecule has 0 spiro atoms. The van der Waals surface area contributed by atoms with Crippen molar-refractivity contribution in [2.75, 3.05) is 24.5 Å². The largest absolute Gasteiger partial charge is 0.340 e. The van der Waals surface area contributed by atoms with Crippen molar-refractivity contribution >= 4 is 5.95 Å². The number of nitrogens with zero attached hydrogens (tertiary/aromatic N) is 3. The molecule has 4 nitrogen and oxygen atoms in total. The molecule has 0 bridgehead atoms. The summed E-state index contributed by atoms with van der Waals surface area (Å²) in [7, 11) is 0. The topological polar surface area (TPSA) is 41.1 Å². The first-order valence-electron chi connectivity index (χ1n) is 7.66. The molecule has 2 rings (SSSR count). The molecule has 20 heavy (non-hydrogen) atoms. The minimum atomic E-state index is 0.193. The van der Waals surface area contributed by atoms with Crippen molar-refractivity contribution in [2.24, 2.45) is 5.92 Å². The molecule has 0 aromatic carbocycles. The van der Waals surface area contributed by atoms with Crippen molar-refractivity contribution in [3.05, 3.63) is 17.5 Å². The average Bonchev–Trinajstić information content (AvgIpc) is 2.35. The predicted molar refractivity (Wildman–Crippen MR) is 84.2 cm³/mol. The SMILES string of the molecule is Cc1cc(C)nc(N2CCCC(CNC(C)(C)C)C2)n1. The van der Waals surface area contributed by atoms with Crippen LogP contribution in [0.4, 0.5) is 5.95 Å². The van der Waals surface area contributed by atoms with Gasteiger partial charge in [0, 0.05) is 36.6 Å². The van der Waals surface area contributed by atoms with Crippen LogP contribution in [-0.4, -0.2) is 35.1 Å². The van der Waals surface area contributed by atoms with E-state index in [1.54, 1.807) is 0 Å². The van der Waals surface area contributed by atoms with Gasteiger partial charge in [-0.2, -0.15) is 0 Å². The Bertz CT molecular complexity index is 430. The normalized spacial score (nSPS) is 20.2. The molecule has 1 atom stereocenters. The molecule has 1 aliphatic rings. The Morgan fingerprint density at radius 2 is 1.90 bits per heavy atom. The standard InChI is InChI=1S/C16H28N4/c1-12-9-13(2)19-15(18-12)20-8-6-7-14(11-20)10-17-16(3,4)5/h9,14,17H,6-8,10-11H2,1-5H3. The molecule has 1 aromatic rings. The van der Waals surface area contributed by atoms with E-state index >= 15 is 0 Å². The Morgan fingerprint density at radius 3 is 2.50 bits per heavy atom. The molecule has 0 aliphatic carbocycles. The molecule has 2 heterocycles. The van der Waals surface area contributed by atoms with Crippen LogP contribution in [-0.2, 0) is 0 Å². The number of hydrogen-bond donors (Lipinski definition) is 1. The second-order valence-corrected chi connectivity index (χ2v) is 7.04. The van der Waals surface area contributed by atoms with Gasteiger partial charge in [-0.05, 0) is 59.4 Å². The van der Waals surface area contributed by atoms with Gasteiger partial charge < -0.3 is 10.2 Å². The monoisotopic (exact) mass is 276 g/mol. The summed E-state index contributed by atoms with van der Waals surface area (Å²) in [5, 5.41) is 3.62. The van der Waals surface area contributed by atoms with Gasteiger partial charge in [0.25, 0.3) is 0 Å². The van der Waals surface area contributed by atoms with Crippen LogP contribution in [0.3, 0.4) is 0 Å².